The van der Waals surface area contributed by atoms with E-state index in [1.165, 1.54) is 7.11 Å². The van der Waals surface area contributed by atoms with Crippen LogP contribution in [0, 0.1) is 0 Å². The third-order valence-electron chi connectivity index (χ3n) is 2.47. The fourth-order valence-electron chi connectivity index (χ4n) is 1.51. The number of anilines is 1. The summed E-state index contributed by atoms with van der Waals surface area (Å²) in [5.74, 6) is -0.00814. The van der Waals surface area contributed by atoms with Gasteiger partial charge in [0, 0.05) is 18.4 Å². The highest BCUT2D eigenvalue weighted by Crippen LogP contribution is 2.23. The first-order valence-electron chi connectivity index (χ1n) is 5.90. The van der Waals surface area contributed by atoms with Gasteiger partial charge in [-0.3, -0.25) is 0 Å². The lowest BCUT2D eigenvalue weighted by Gasteiger charge is -2.10. The summed E-state index contributed by atoms with van der Waals surface area (Å²) in [5, 5.41) is 8.65. The maximum atomic E-state index is 11.5. The van der Waals surface area contributed by atoms with Crippen molar-refractivity contribution in [3.63, 3.8) is 0 Å². The second-order valence-corrected chi connectivity index (χ2v) is 3.88. The van der Waals surface area contributed by atoms with E-state index in [1.54, 1.807) is 18.2 Å². The number of carbonyl (C=O) groups is 1. The third-order valence-corrected chi connectivity index (χ3v) is 2.47. The highest BCUT2D eigenvalue weighted by atomic mass is 16.5. The monoisotopic (exact) mass is 253 g/mol. The van der Waals surface area contributed by atoms with Gasteiger partial charge in [0.1, 0.15) is 11.3 Å². The van der Waals surface area contributed by atoms with Crippen LogP contribution in [0.25, 0.3) is 0 Å². The molecule has 100 valence electrons. The fraction of sp³-hybridized carbons (Fsp3) is 0.462. The van der Waals surface area contributed by atoms with Gasteiger partial charge in [0.2, 0.25) is 0 Å². The van der Waals surface area contributed by atoms with Crippen molar-refractivity contribution < 1.29 is 19.4 Å². The Balaban J connectivity index is 2.62. The zero-order chi connectivity index (χ0) is 13.4. The molecule has 5 heteroatoms. The first-order chi connectivity index (χ1) is 8.69. The molecule has 0 spiro atoms. The number of nitrogen functional groups attached to an aromatic ring is 1. The SMILES string of the molecule is COC(=O)c1ccc(N)cc1OCCCCCO. The van der Waals surface area contributed by atoms with Crippen LogP contribution in [0.3, 0.4) is 0 Å². The number of hydrogen-bond donors (Lipinski definition) is 2. The van der Waals surface area contributed by atoms with Crippen LogP contribution < -0.4 is 10.5 Å². The normalized spacial score (nSPS) is 10.1. The number of benzene rings is 1. The van der Waals surface area contributed by atoms with Gasteiger partial charge in [-0.1, -0.05) is 0 Å². The van der Waals surface area contributed by atoms with Crippen molar-refractivity contribution >= 4 is 11.7 Å². The lowest BCUT2D eigenvalue weighted by atomic mass is 10.2. The number of nitrogens with two attached hydrogens (primary N) is 1. The minimum atomic E-state index is -0.444. The molecule has 0 atom stereocenters. The second-order valence-electron chi connectivity index (χ2n) is 3.88. The van der Waals surface area contributed by atoms with E-state index in [9.17, 15) is 4.79 Å². The number of unbranched alkanes of at least 4 members (excludes halogenated alkanes) is 2. The van der Waals surface area contributed by atoms with Gasteiger partial charge in [0.25, 0.3) is 0 Å². The fourth-order valence-corrected chi connectivity index (χ4v) is 1.51. The third kappa shape index (κ3) is 4.25. The van der Waals surface area contributed by atoms with Gasteiger partial charge in [-0.15, -0.1) is 0 Å². The summed E-state index contributed by atoms with van der Waals surface area (Å²) in [6.07, 6.45) is 2.45. The highest BCUT2D eigenvalue weighted by molar-refractivity contribution is 5.93. The Morgan fingerprint density at radius 1 is 1.33 bits per heavy atom. The van der Waals surface area contributed by atoms with Gasteiger partial charge in [-0.05, 0) is 31.4 Å². The van der Waals surface area contributed by atoms with Gasteiger partial charge in [0.05, 0.1) is 13.7 Å². The van der Waals surface area contributed by atoms with Gasteiger partial charge in [0.15, 0.2) is 0 Å². The quantitative estimate of drug-likeness (QED) is 0.438. The maximum absolute atomic E-state index is 11.5. The minimum absolute atomic E-state index is 0.186. The van der Waals surface area contributed by atoms with Crippen molar-refractivity contribution in [1.29, 1.82) is 0 Å². The van der Waals surface area contributed by atoms with E-state index in [4.69, 9.17) is 15.6 Å². The van der Waals surface area contributed by atoms with Crippen LogP contribution in [-0.2, 0) is 4.74 Å². The van der Waals surface area contributed by atoms with E-state index >= 15 is 0 Å². The Morgan fingerprint density at radius 2 is 2.11 bits per heavy atom. The molecule has 0 saturated heterocycles. The maximum Gasteiger partial charge on any atom is 0.341 e. The predicted molar refractivity (Wildman–Crippen MR) is 68.6 cm³/mol. The summed E-state index contributed by atoms with van der Waals surface area (Å²) in [6, 6.07) is 4.83. The number of aliphatic hydroxyl groups is 1. The van der Waals surface area contributed by atoms with Crippen LogP contribution in [0.4, 0.5) is 5.69 Å². The van der Waals surface area contributed by atoms with Crippen LogP contribution in [0.1, 0.15) is 29.6 Å². The second kappa shape index (κ2) is 7.55. The molecular weight excluding hydrogens is 234 g/mol. The molecule has 0 aliphatic rings. The summed E-state index contributed by atoms with van der Waals surface area (Å²) in [5.41, 5.74) is 6.56. The van der Waals surface area contributed by atoms with Crippen molar-refractivity contribution in [2.45, 2.75) is 19.3 Å². The first-order valence-corrected chi connectivity index (χ1v) is 5.90. The Bertz CT molecular complexity index is 393. The average molecular weight is 253 g/mol. The van der Waals surface area contributed by atoms with Crippen molar-refractivity contribution in [3.05, 3.63) is 23.8 Å². The van der Waals surface area contributed by atoms with Crippen LogP contribution >= 0.6 is 0 Å². The Labute approximate surface area is 107 Å². The molecule has 0 aliphatic heterocycles. The van der Waals surface area contributed by atoms with Gasteiger partial charge < -0.3 is 20.3 Å². The molecule has 0 saturated carbocycles. The van der Waals surface area contributed by atoms with Gasteiger partial charge >= 0.3 is 5.97 Å². The van der Waals surface area contributed by atoms with E-state index in [-0.39, 0.29) is 6.61 Å². The Morgan fingerprint density at radius 3 is 2.78 bits per heavy atom. The molecule has 5 nitrogen and oxygen atoms in total. The van der Waals surface area contributed by atoms with E-state index in [0.29, 0.717) is 23.6 Å². The molecule has 0 aromatic heterocycles. The molecule has 0 aliphatic carbocycles. The number of esters is 1. The van der Waals surface area contributed by atoms with Crippen LogP contribution in [0.5, 0.6) is 5.75 Å². The van der Waals surface area contributed by atoms with E-state index in [1.807, 2.05) is 0 Å². The van der Waals surface area contributed by atoms with Crippen molar-refractivity contribution in [3.8, 4) is 5.75 Å². The van der Waals surface area contributed by atoms with Crippen molar-refractivity contribution in [1.82, 2.24) is 0 Å². The van der Waals surface area contributed by atoms with Crippen LogP contribution in [0.15, 0.2) is 18.2 Å². The van der Waals surface area contributed by atoms with Crippen LogP contribution in [0.2, 0.25) is 0 Å². The summed E-state index contributed by atoms with van der Waals surface area (Å²) in [6.45, 7) is 0.666. The molecule has 0 bridgehead atoms. The number of ether oxygens (including phenoxy) is 2. The number of rotatable bonds is 7. The average Bonchev–Trinajstić information content (AvgIpc) is 2.38. The van der Waals surface area contributed by atoms with E-state index in [2.05, 4.69) is 4.74 Å². The molecule has 1 aromatic rings. The smallest absolute Gasteiger partial charge is 0.341 e. The lowest BCUT2D eigenvalue weighted by molar-refractivity contribution is 0.0596. The number of hydrogen-bond acceptors (Lipinski definition) is 5. The molecule has 0 amide bonds. The standard InChI is InChI=1S/C13H19NO4/c1-17-13(16)11-6-5-10(14)9-12(11)18-8-4-2-3-7-15/h5-6,9,15H,2-4,7-8,14H2,1H3. The lowest BCUT2D eigenvalue weighted by Crippen LogP contribution is -2.07. The van der Waals surface area contributed by atoms with Crippen molar-refractivity contribution in [2.24, 2.45) is 0 Å². The summed E-state index contributed by atoms with van der Waals surface area (Å²) < 4.78 is 10.2. The summed E-state index contributed by atoms with van der Waals surface area (Å²) in [7, 11) is 1.32. The summed E-state index contributed by atoms with van der Waals surface area (Å²) in [4.78, 5) is 11.5. The molecule has 3 N–H and O–H groups in total. The first kappa shape index (κ1) is 14.3. The number of aliphatic hydroxyl groups excluding tert-OH is 1. The molecule has 1 aromatic carbocycles. The van der Waals surface area contributed by atoms with E-state index < -0.39 is 5.97 Å². The number of methoxy groups -OCH3 is 1. The minimum Gasteiger partial charge on any atom is -0.493 e. The Hall–Kier alpha value is -1.75. The highest BCUT2D eigenvalue weighted by Gasteiger charge is 2.13. The molecule has 18 heavy (non-hydrogen) atoms. The topological polar surface area (TPSA) is 81.8 Å². The molecule has 0 unspecified atom stereocenters. The van der Waals surface area contributed by atoms with Crippen LogP contribution in [-0.4, -0.2) is 31.4 Å². The molecule has 1 rings (SSSR count). The zero-order valence-corrected chi connectivity index (χ0v) is 10.5. The molecular formula is C13H19NO4. The van der Waals surface area contributed by atoms with Gasteiger partial charge in [-0.25, -0.2) is 4.79 Å². The summed E-state index contributed by atoms with van der Waals surface area (Å²) >= 11 is 0. The Kier molecular flexibility index (Phi) is 6.00. The van der Waals surface area contributed by atoms with E-state index in [0.717, 1.165) is 19.3 Å². The molecule has 0 heterocycles. The largest absolute Gasteiger partial charge is 0.493 e. The number of carbonyl (C=O) groups excluding carboxylic acids is 1. The predicted octanol–water partition coefficient (Wildman–Crippen LogP) is 1.60. The molecule has 0 radical (unpaired) electrons. The molecule has 0 fully saturated rings. The van der Waals surface area contributed by atoms with Gasteiger partial charge in [-0.2, -0.15) is 0 Å². The zero-order valence-electron chi connectivity index (χ0n) is 10.5. The van der Waals surface area contributed by atoms with Crippen molar-refractivity contribution in [2.75, 3.05) is 26.1 Å².